The van der Waals surface area contributed by atoms with Crippen molar-refractivity contribution in [3.63, 3.8) is 0 Å². The summed E-state index contributed by atoms with van der Waals surface area (Å²) in [5.41, 5.74) is 1.40. The molecule has 0 bridgehead atoms. The van der Waals surface area contributed by atoms with Gasteiger partial charge >= 0.3 is 12.8 Å². The number of hydrogen-bond donors (Lipinski definition) is 0. The zero-order chi connectivity index (χ0) is 22.7. The molecule has 164 valence electrons. The van der Waals surface area contributed by atoms with Crippen molar-refractivity contribution in [3.8, 4) is 39.2 Å². The van der Waals surface area contributed by atoms with E-state index in [0.29, 0.717) is 17.6 Å². The fourth-order valence-electron chi connectivity index (χ4n) is 2.74. The van der Waals surface area contributed by atoms with Gasteiger partial charge in [0.15, 0.2) is 0 Å². The first-order valence-corrected chi connectivity index (χ1v) is 9.98. The van der Waals surface area contributed by atoms with Crippen LogP contribution in [0.15, 0.2) is 72.2 Å². The molecule has 4 rings (SSSR count). The van der Waals surface area contributed by atoms with Gasteiger partial charge in [0.2, 0.25) is 5.88 Å². The molecule has 0 N–H and O–H groups in total. The number of alkyl halides is 5. The van der Waals surface area contributed by atoms with E-state index in [9.17, 15) is 22.0 Å². The molecular formula is C22H13F5N2O2S. The van der Waals surface area contributed by atoms with E-state index >= 15 is 0 Å². The Labute approximate surface area is 182 Å². The van der Waals surface area contributed by atoms with E-state index < -0.39 is 18.4 Å². The Hall–Kier alpha value is -3.53. The smallest absolute Gasteiger partial charge is 0.417 e. The Bertz CT molecular complexity index is 1170. The third kappa shape index (κ3) is 5.20. The molecule has 32 heavy (non-hydrogen) atoms. The Morgan fingerprint density at radius 1 is 0.812 bits per heavy atom. The molecule has 0 atom stereocenters. The van der Waals surface area contributed by atoms with Gasteiger partial charge in [0.25, 0.3) is 0 Å². The predicted octanol–water partition coefficient (Wildman–Crippen LogP) is 7.28. The maximum absolute atomic E-state index is 12.6. The van der Waals surface area contributed by atoms with Crippen molar-refractivity contribution < 1.29 is 31.4 Å². The second-order valence-electron chi connectivity index (χ2n) is 6.45. The zero-order valence-corrected chi connectivity index (χ0v) is 16.8. The highest BCUT2D eigenvalue weighted by atomic mass is 32.1. The molecule has 0 fully saturated rings. The largest absolute Gasteiger partial charge is 0.439 e. The summed E-state index contributed by atoms with van der Waals surface area (Å²) in [7, 11) is 0. The summed E-state index contributed by atoms with van der Waals surface area (Å²) in [6.07, 6.45) is -3.74. The molecule has 0 unspecified atom stereocenters. The second kappa shape index (κ2) is 8.91. The molecule has 10 heteroatoms. The van der Waals surface area contributed by atoms with Gasteiger partial charge in [-0.1, -0.05) is 0 Å². The van der Waals surface area contributed by atoms with Gasteiger partial charge in [-0.2, -0.15) is 22.0 Å². The van der Waals surface area contributed by atoms with Crippen molar-refractivity contribution >= 4 is 11.3 Å². The molecule has 0 spiro atoms. The summed E-state index contributed by atoms with van der Waals surface area (Å²) in [6.45, 7) is -2.88. The van der Waals surface area contributed by atoms with E-state index in [4.69, 9.17) is 4.74 Å². The van der Waals surface area contributed by atoms with Crippen molar-refractivity contribution in [2.45, 2.75) is 12.8 Å². The zero-order valence-electron chi connectivity index (χ0n) is 16.0. The molecule has 0 aliphatic heterocycles. The number of halogens is 5. The number of benzene rings is 2. The number of aromatic nitrogens is 2. The van der Waals surface area contributed by atoms with Crippen LogP contribution in [0.5, 0.6) is 17.4 Å². The summed E-state index contributed by atoms with van der Waals surface area (Å²) in [6, 6.07) is 15.1. The first-order chi connectivity index (χ1) is 15.3. The van der Waals surface area contributed by atoms with Gasteiger partial charge in [0.05, 0.1) is 11.3 Å². The molecule has 4 nitrogen and oxygen atoms in total. The van der Waals surface area contributed by atoms with E-state index in [1.54, 1.807) is 36.4 Å². The number of thiazole rings is 1. The Morgan fingerprint density at radius 2 is 1.47 bits per heavy atom. The molecule has 2 aromatic heterocycles. The molecule has 0 radical (unpaired) electrons. The van der Waals surface area contributed by atoms with Crippen LogP contribution >= 0.6 is 11.3 Å². The van der Waals surface area contributed by atoms with Crippen molar-refractivity contribution in [3.05, 3.63) is 77.8 Å². The lowest BCUT2D eigenvalue weighted by Crippen LogP contribution is -2.05. The second-order valence-corrected chi connectivity index (χ2v) is 7.31. The van der Waals surface area contributed by atoms with Crippen LogP contribution in [0.2, 0.25) is 0 Å². The maximum Gasteiger partial charge on any atom is 0.417 e. The van der Waals surface area contributed by atoms with Crippen LogP contribution in [-0.4, -0.2) is 16.6 Å². The number of nitrogens with zero attached hydrogens (tertiary/aromatic N) is 2. The van der Waals surface area contributed by atoms with Gasteiger partial charge in [-0.05, 0) is 54.6 Å². The van der Waals surface area contributed by atoms with Crippen molar-refractivity contribution in [2.75, 3.05) is 0 Å². The number of pyridine rings is 1. The molecule has 0 aliphatic carbocycles. The van der Waals surface area contributed by atoms with Gasteiger partial charge in [0, 0.05) is 28.8 Å². The summed E-state index contributed by atoms with van der Waals surface area (Å²) < 4.78 is 72.2. The minimum atomic E-state index is -4.46. The van der Waals surface area contributed by atoms with Crippen LogP contribution in [0.25, 0.3) is 21.8 Å². The van der Waals surface area contributed by atoms with E-state index in [2.05, 4.69) is 14.7 Å². The molecule has 4 aromatic rings. The fraction of sp³-hybridized carbons (Fsp3) is 0.0909. The minimum absolute atomic E-state index is 0.0431. The van der Waals surface area contributed by atoms with Crippen LogP contribution < -0.4 is 9.47 Å². The van der Waals surface area contributed by atoms with E-state index in [1.807, 2.05) is 5.38 Å². The third-order valence-electron chi connectivity index (χ3n) is 4.27. The highest BCUT2D eigenvalue weighted by molar-refractivity contribution is 7.13. The van der Waals surface area contributed by atoms with Gasteiger partial charge in [-0.3, -0.25) is 0 Å². The summed E-state index contributed by atoms with van der Waals surface area (Å²) in [4.78, 5) is 8.23. The van der Waals surface area contributed by atoms with Gasteiger partial charge in [-0.25, -0.2) is 9.97 Å². The standard InChI is InChI=1S/C22H13F5N2O2S/c23-21(24)31-17-6-1-13(2-7-17)18-12-32-20(29-18)14-3-8-16(9-4-14)30-19-10-5-15(11-28-19)22(25,26)27/h1-12,21H. The first kappa shape index (κ1) is 21.7. The van der Waals surface area contributed by atoms with Gasteiger partial charge in [-0.15, -0.1) is 11.3 Å². The van der Waals surface area contributed by atoms with Gasteiger partial charge in [0.1, 0.15) is 16.5 Å². The maximum atomic E-state index is 12.6. The molecule has 0 saturated heterocycles. The number of hydrogen-bond acceptors (Lipinski definition) is 5. The molecule has 0 saturated carbocycles. The van der Waals surface area contributed by atoms with Gasteiger partial charge < -0.3 is 9.47 Å². The van der Waals surface area contributed by atoms with Crippen molar-refractivity contribution in [1.82, 2.24) is 9.97 Å². The van der Waals surface area contributed by atoms with Crippen LogP contribution in [0.4, 0.5) is 22.0 Å². The molecular weight excluding hydrogens is 451 g/mol. The van der Waals surface area contributed by atoms with Crippen molar-refractivity contribution in [2.24, 2.45) is 0 Å². The monoisotopic (exact) mass is 464 g/mol. The Morgan fingerprint density at radius 3 is 2.06 bits per heavy atom. The average Bonchev–Trinajstić information content (AvgIpc) is 3.24. The highest BCUT2D eigenvalue weighted by Crippen LogP contribution is 2.32. The lowest BCUT2D eigenvalue weighted by atomic mass is 10.1. The van der Waals surface area contributed by atoms with Crippen LogP contribution in [0.3, 0.4) is 0 Å². The predicted molar refractivity (Wildman–Crippen MR) is 109 cm³/mol. The third-order valence-corrected chi connectivity index (χ3v) is 5.16. The quantitative estimate of drug-likeness (QED) is 0.281. The number of ether oxygens (including phenoxy) is 2. The average molecular weight is 464 g/mol. The summed E-state index contributed by atoms with van der Waals surface area (Å²) in [5.74, 6) is 0.520. The van der Waals surface area contributed by atoms with Crippen molar-refractivity contribution in [1.29, 1.82) is 0 Å². The fourth-order valence-corrected chi connectivity index (χ4v) is 3.58. The molecule has 2 heterocycles. The molecule has 0 aliphatic rings. The Kier molecular flexibility index (Phi) is 6.04. The first-order valence-electron chi connectivity index (χ1n) is 9.10. The lowest BCUT2D eigenvalue weighted by molar-refractivity contribution is -0.137. The van der Waals surface area contributed by atoms with E-state index in [0.717, 1.165) is 28.3 Å². The highest BCUT2D eigenvalue weighted by Gasteiger charge is 2.30. The van der Waals surface area contributed by atoms with E-state index in [1.165, 1.54) is 23.5 Å². The molecule has 2 aromatic carbocycles. The Balaban J connectivity index is 1.44. The number of rotatable bonds is 6. The minimum Gasteiger partial charge on any atom is -0.439 e. The SMILES string of the molecule is FC(F)Oc1ccc(-c2csc(-c3ccc(Oc4ccc(C(F)(F)F)cn4)cc3)n2)cc1. The summed E-state index contributed by atoms with van der Waals surface area (Å²) >= 11 is 1.40. The topological polar surface area (TPSA) is 44.2 Å². The summed E-state index contributed by atoms with van der Waals surface area (Å²) in [5, 5.41) is 2.57. The molecule has 0 amide bonds. The van der Waals surface area contributed by atoms with E-state index in [-0.39, 0.29) is 11.6 Å². The van der Waals surface area contributed by atoms with Crippen LogP contribution in [-0.2, 0) is 6.18 Å². The van der Waals surface area contributed by atoms with Crippen LogP contribution in [0.1, 0.15) is 5.56 Å². The van der Waals surface area contributed by atoms with Crippen LogP contribution in [0, 0.1) is 0 Å². The normalized spacial score (nSPS) is 11.6. The lowest BCUT2D eigenvalue weighted by Gasteiger charge is -2.08.